The molecule has 0 unspecified atom stereocenters. The highest BCUT2D eigenvalue weighted by atomic mass is 79.9. The average Bonchev–Trinajstić information content (AvgIpc) is 2.50. The van der Waals surface area contributed by atoms with Crippen molar-refractivity contribution in [3.63, 3.8) is 0 Å². The van der Waals surface area contributed by atoms with Crippen LogP contribution in [0.1, 0.15) is 5.56 Å². The standard InChI is InChI=1S/C17H13Br2NO/c18-12-6-8-17(15(19)9-12)21-16-7-5-11(10-20)13-3-1-2-4-14(13)16/h1-9H,10,20H2. The number of ether oxygens (including phenoxy) is 1. The van der Waals surface area contributed by atoms with Crippen molar-refractivity contribution in [2.45, 2.75) is 6.54 Å². The lowest BCUT2D eigenvalue weighted by Gasteiger charge is -2.12. The Hall–Kier alpha value is -1.36. The molecule has 0 bridgehead atoms. The number of hydrogen-bond acceptors (Lipinski definition) is 2. The fraction of sp³-hybridized carbons (Fsp3) is 0.0588. The highest BCUT2D eigenvalue weighted by Gasteiger charge is 2.09. The molecule has 0 fully saturated rings. The number of fused-ring (bicyclic) bond motifs is 1. The first-order chi connectivity index (χ1) is 10.2. The van der Waals surface area contributed by atoms with Gasteiger partial charge in [-0.2, -0.15) is 0 Å². The van der Waals surface area contributed by atoms with E-state index in [1.165, 1.54) is 0 Å². The first-order valence-electron chi connectivity index (χ1n) is 6.52. The molecule has 0 atom stereocenters. The van der Waals surface area contributed by atoms with E-state index in [0.717, 1.165) is 36.8 Å². The number of rotatable bonds is 3. The van der Waals surface area contributed by atoms with Crippen LogP contribution in [-0.2, 0) is 6.54 Å². The molecule has 106 valence electrons. The summed E-state index contributed by atoms with van der Waals surface area (Å²) in [7, 11) is 0. The normalized spacial score (nSPS) is 10.8. The molecule has 0 aliphatic carbocycles. The van der Waals surface area contributed by atoms with Crippen molar-refractivity contribution in [1.29, 1.82) is 0 Å². The molecule has 3 rings (SSSR count). The molecule has 0 radical (unpaired) electrons. The van der Waals surface area contributed by atoms with Crippen LogP contribution in [0.15, 0.2) is 63.5 Å². The van der Waals surface area contributed by atoms with Gasteiger partial charge in [0.15, 0.2) is 0 Å². The van der Waals surface area contributed by atoms with Crippen LogP contribution in [0.4, 0.5) is 0 Å². The number of nitrogens with two attached hydrogens (primary N) is 1. The van der Waals surface area contributed by atoms with Crippen LogP contribution in [0.2, 0.25) is 0 Å². The summed E-state index contributed by atoms with van der Waals surface area (Å²) < 4.78 is 7.98. The van der Waals surface area contributed by atoms with Gasteiger partial charge in [0.2, 0.25) is 0 Å². The van der Waals surface area contributed by atoms with Gasteiger partial charge in [0.05, 0.1) is 4.47 Å². The Labute approximate surface area is 140 Å². The van der Waals surface area contributed by atoms with Crippen molar-refractivity contribution < 1.29 is 4.74 Å². The molecule has 0 spiro atoms. The molecule has 4 heteroatoms. The second-order valence-electron chi connectivity index (χ2n) is 4.65. The molecule has 21 heavy (non-hydrogen) atoms. The van der Waals surface area contributed by atoms with Crippen LogP contribution in [0, 0.1) is 0 Å². The third-order valence-corrected chi connectivity index (χ3v) is 4.42. The Kier molecular flexibility index (Phi) is 4.29. The molecule has 3 aromatic carbocycles. The second-order valence-corrected chi connectivity index (χ2v) is 6.42. The van der Waals surface area contributed by atoms with Gasteiger partial charge in [0.25, 0.3) is 0 Å². The van der Waals surface area contributed by atoms with E-state index in [1.807, 2.05) is 42.5 Å². The predicted molar refractivity (Wildman–Crippen MR) is 93.8 cm³/mol. The van der Waals surface area contributed by atoms with Gasteiger partial charge in [0.1, 0.15) is 11.5 Å². The third-order valence-electron chi connectivity index (χ3n) is 3.31. The number of hydrogen-bond donors (Lipinski definition) is 1. The molecule has 0 saturated carbocycles. The minimum atomic E-state index is 0.517. The maximum atomic E-state index is 6.07. The van der Waals surface area contributed by atoms with Gasteiger partial charge in [-0.3, -0.25) is 0 Å². The Morgan fingerprint density at radius 1 is 0.857 bits per heavy atom. The summed E-state index contributed by atoms with van der Waals surface area (Å²) in [6.07, 6.45) is 0. The molecule has 0 aromatic heterocycles. The van der Waals surface area contributed by atoms with Crippen LogP contribution >= 0.6 is 31.9 Å². The molecule has 0 heterocycles. The van der Waals surface area contributed by atoms with Crippen molar-refractivity contribution in [2.75, 3.05) is 0 Å². The lowest BCUT2D eigenvalue weighted by atomic mass is 10.0. The van der Waals surface area contributed by atoms with Gasteiger partial charge < -0.3 is 10.5 Å². The van der Waals surface area contributed by atoms with Gasteiger partial charge in [-0.15, -0.1) is 0 Å². The third kappa shape index (κ3) is 2.98. The summed E-state index contributed by atoms with van der Waals surface area (Å²) in [4.78, 5) is 0. The van der Waals surface area contributed by atoms with Crippen molar-refractivity contribution in [3.8, 4) is 11.5 Å². The zero-order valence-electron chi connectivity index (χ0n) is 11.1. The van der Waals surface area contributed by atoms with Crippen LogP contribution in [0.5, 0.6) is 11.5 Å². The lowest BCUT2D eigenvalue weighted by molar-refractivity contribution is 0.485. The predicted octanol–water partition coefficient (Wildman–Crippen LogP) is 5.62. The molecular formula is C17H13Br2NO. The summed E-state index contributed by atoms with van der Waals surface area (Å²) >= 11 is 6.96. The summed E-state index contributed by atoms with van der Waals surface area (Å²) in [5, 5.41) is 2.20. The molecule has 0 saturated heterocycles. The van der Waals surface area contributed by atoms with Gasteiger partial charge in [-0.1, -0.05) is 46.3 Å². The fourth-order valence-corrected chi connectivity index (χ4v) is 3.41. The van der Waals surface area contributed by atoms with Crippen molar-refractivity contribution in [2.24, 2.45) is 5.73 Å². The van der Waals surface area contributed by atoms with Gasteiger partial charge in [0, 0.05) is 16.4 Å². The maximum Gasteiger partial charge on any atom is 0.141 e. The number of benzene rings is 3. The monoisotopic (exact) mass is 405 g/mol. The van der Waals surface area contributed by atoms with E-state index >= 15 is 0 Å². The van der Waals surface area contributed by atoms with E-state index in [1.54, 1.807) is 0 Å². The molecule has 3 aromatic rings. The Morgan fingerprint density at radius 3 is 2.29 bits per heavy atom. The summed E-state index contributed by atoms with van der Waals surface area (Å²) in [5.74, 6) is 1.61. The largest absolute Gasteiger partial charge is 0.456 e. The van der Waals surface area contributed by atoms with Crippen molar-refractivity contribution in [3.05, 3.63) is 69.1 Å². The average molecular weight is 407 g/mol. The Bertz CT molecular complexity index is 802. The maximum absolute atomic E-state index is 6.07. The topological polar surface area (TPSA) is 35.2 Å². The van der Waals surface area contributed by atoms with E-state index in [-0.39, 0.29) is 0 Å². The minimum absolute atomic E-state index is 0.517. The lowest BCUT2D eigenvalue weighted by Crippen LogP contribution is -1.98. The summed E-state index contributed by atoms with van der Waals surface area (Å²) in [5.41, 5.74) is 6.92. The smallest absolute Gasteiger partial charge is 0.141 e. The molecule has 0 aliphatic rings. The van der Waals surface area contributed by atoms with E-state index < -0.39 is 0 Å². The van der Waals surface area contributed by atoms with Gasteiger partial charge in [-0.05, 0) is 51.1 Å². The van der Waals surface area contributed by atoms with E-state index in [9.17, 15) is 0 Å². The molecular weight excluding hydrogens is 394 g/mol. The van der Waals surface area contributed by atoms with E-state index in [0.29, 0.717) is 6.54 Å². The summed E-state index contributed by atoms with van der Waals surface area (Å²) in [6.45, 7) is 0.517. The summed E-state index contributed by atoms with van der Waals surface area (Å²) in [6, 6.07) is 18.0. The first-order valence-corrected chi connectivity index (χ1v) is 8.11. The van der Waals surface area contributed by atoms with Gasteiger partial charge >= 0.3 is 0 Å². The molecule has 0 amide bonds. The van der Waals surface area contributed by atoms with E-state index in [4.69, 9.17) is 10.5 Å². The SMILES string of the molecule is NCc1ccc(Oc2ccc(Br)cc2Br)c2ccccc12. The zero-order chi connectivity index (χ0) is 14.8. The van der Waals surface area contributed by atoms with Crippen LogP contribution in [0.25, 0.3) is 10.8 Å². The Balaban J connectivity index is 2.09. The van der Waals surface area contributed by atoms with Crippen LogP contribution in [0.3, 0.4) is 0 Å². The molecule has 2 nitrogen and oxygen atoms in total. The minimum Gasteiger partial charge on any atom is -0.456 e. The quantitative estimate of drug-likeness (QED) is 0.612. The first kappa shape index (κ1) is 14.6. The highest BCUT2D eigenvalue weighted by molar-refractivity contribution is 9.11. The van der Waals surface area contributed by atoms with Crippen molar-refractivity contribution >= 4 is 42.6 Å². The van der Waals surface area contributed by atoms with E-state index in [2.05, 4.69) is 44.0 Å². The van der Waals surface area contributed by atoms with Crippen LogP contribution in [-0.4, -0.2) is 0 Å². The van der Waals surface area contributed by atoms with Crippen molar-refractivity contribution in [1.82, 2.24) is 0 Å². The zero-order valence-corrected chi connectivity index (χ0v) is 14.3. The molecule has 2 N–H and O–H groups in total. The van der Waals surface area contributed by atoms with Crippen LogP contribution < -0.4 is 10.5 Å². The second kappa shape index (κ2) is 6.18. The number of halogens is 2. The highest BCUT2D eigenvalue weighted by Crippen LogP contribution is 2.36. The fourth-order valence-electron chi connectivity index (χ4n) is 2.28. The van der Waals surface area contributed by atoms with Gasteiger partial charge in [-0.25, -0.2) is 0 Å². The molecule has 0 aliphatic heterocycles. The Morgan fingerprint density at radius 2 is 1.57 bits per heavy atom.